The van der Waals surface area contributed by atoms with Gasteiger partial charge in [0.25, 0.3) is 0 Å². The Morgan fingerprint density at radius 2 is 2.19 bits per heavy atom. The summed E-state index contributed by atoms with van der Waals surface area (Å²) in [6.45, 7) is 2.67. The van der Waals surface area contributed by atoms with Crippen LogP contribution in [0.1, 0.15) is 37.3 Å². The van der Waals surface area contributed by atoms with Crippen molar-refractivity contribution in [3.8, 4) is 11.8 Å². The van der Waals surface area contributed by atoms with Crippen LogP contribution in [0.4, 0.5) is 0 Å². The smallest absolute Gasteiger partial charge is 0.236 e. The number of carbonyl (C=O) groups excluding carboxylic acids is 1. The van der Waals surface area contributed by atoms with Crippen LogP contribution in [-0.2, 0) is 11.3 Å². The van der Waals surface area contributed by atoms with Crippen LogP contribution in [0.5, 0.6) is 0 Å². The number of hydrogen-bond acceptors (Lipinski definition) is 3. The summed E-state index contributed by atoms with van der Waals surface area (Å²) in [4.78, 5) is 12.2. The molecule has 1 heterocycles. The Kier molecular flexibility index (Phi) is 5.72. The van der Waals surface area contributed by atoms with Crippen LogP contribution >= 0.6 is 11.8 Å². The summed E-state index contributed by atoms with van der Waals surface area (Å²) < 4.78 is -0.254. The second-order valence-corrected chi connectivity index (χ2v) is 6.94. The maximum atomic E-state index is 12.2. The molecule has 1 aromatic carbocycles. The Balaban J connectivity index is 1.86. The van der Waals surface area contributed by atoms with Crippen molar-refractivity contribution in [3.05, 3.63) is 35.4 Å². The zero-order chi connectivity index (χ0) is 15.1. The van der Waals surface area contributed by atoms with Gasteiger partial charge in [-0.2, -0.15) is 0 Å². The van der Waals surface area contributed by atoms with Crippen molar-refractivity contribution in [2.24, 2.45) is 0 Å². The lowest BCUT2D eigenvalue weighted by atomic mass is 10.0. The van der Waals surface area contributed by atoms with Crippen LogP contribution in [0.25, 0.3) is 0 Å². The van der Waals surface area contributed by atoms with Crippen LogP contribution < -0.4 is 5.32 Å². The van der Waals surface area contributed by atoms with Crippen LogP contribution in [0.3, 0.4) is 0 Å². The molecule has 1 unspecified atom stereocenters. The third-order valence-corrected chi connectivity index (χ3v) is 5.10. The van der Waals surface area contributed by atoms with Crippen LogP contribution in [0.15, 0.2) is 24.3 Å². The van der Waals surface area contributed by atoms with Crippen molar-refractivity contribution in [3.63, 3.8) is 0 Å². The molecule has 4 heteroatoms. The number of rotatable bonds is 4. The molecular formula is C17H21NO2S. The van der Waals surface area contributed by atoms with Crippen molar-refractivity contribution < 1.29 is 9.90 Å². The minimum absolute atomic E-state index is 0.0912. The fourth-order valence-corrected chi connectivity index (χ4v) is 3.49. The Hall–Kier alpha value is -1.44. The molecule has 0 aliphatic carbocycles. The van der Waals surface area contributed by atoms with E-state index >= 15 is 0 Å². The topological polar surface area (TPSA) is 49.3 Å². The largest absolute Gasteiger partial charge is 0.395 e. The molecule has 2 rings (SSSR count). The molecule has 1 aromatic rings. The summed E-state index contributed by atoms with van der Waals surface area (Å²) in [5, 5.41) is 11.7. The lowest BCUT2D eigenvalue weighted by Gasteiger charge is -2.21. The molecule has 0 aromatic heterocycles. The van der Waals surface area contributed by atoms with Gasteiger partial charge in [-0.25, -0.2) is 0 Å². The van der Waals surface area contributed by atoms with Crippen LogP contribution in [0.2, 0.25) is 0 Å². The number of aliphatic hydroxyl groups is 1. The zero-order valence-electron chi connectivity index (χ0n) is 12.3. The molecule has 1 amide bonds. The minimum Gasteiger partial charge on any atom is -0.395 e. The molecule has 1 aliphatic heterocycles. The van der Waals surface area contributed by atoms with E-state index in [1.165, 1.54) is 0 Å². The highest BCUT2D eigenvalue weighted by molar-refractivity contribution is 8.01. The number of aliphatic hydroxyl groups excluding tert-OH is 1. The Morgan fingerprint density at radius 3 is 2.81 bits per heavy atom. The van der Waals surface area contributed by atoms with Gasteiger partial charge in [0.1, 0.15) is 0 Å². The number of hydrogen-bond donors (Lipinski definition) is 2. The van der Waals surface area contributed by atoms with Crippen molar-refractivity contribution in [1.29, 1.82) is 0 Å². The number of carbonyl (C=O) groups is 1. The van der Waals surface area contributed by atoms with Gasteiger partial charge in [-0.3, -0.25) is 4.79 Å². The van der Waals surface area contributed by atoms with E-state index in [9.17, 15) is 4.79 Å². The highest BCUT2D eigenvalue weighted by Gasteiger charge is 2.36. The summed E-state index contributed by atoms with van der Waals surface area (Å²) >= 11 is 1.75. The molecule has 0 bridgehead atoms. The summed E-state index contributed by atoms with van der Waals surface area (Å²) in [5.74, 6) is 7.09. The third-order valence-electron chi connectivity index (χ3n) is 3.58. The molecule has 0 saturated carbocycles. The molecule has 1 fully saturated rings. The van der Waals surface area contributed by atoms with E-state index in [1.807, 2.05) is 31.2 Å². The molecule has 0 spiro atoms. The first-order valence-corrected chi connectivity index (χ1v) is 8.23. The first-order chi connectivity index (χ1) is 10.1. The van der Waals surface area contributed by atoms with E-state index in [1.54, 1.807) is 11.8 Å². The number of thioether (sulfide) groups is 1. The SMILES string of the molecule is CC1(C(=O)NCc2ccc(C#CCCO)cc2)CCCS1. The van der Waals surface area contributed by atoms with Gasteiger partial charge in [-0.15, -0.1) is 11.8 Å². The minimum atomic E-state index is -0.254. The van der Waals surface area contributed by atoms with Crippen molar-refractivity contribution in [1.82, 2.24) is 5.32 Å². The lowest BCUT2D eigenvalue weighted by Crippen LogP contribution is -2.39. The molecule has 1 aliphatic rings. The Bertz CT molecular complexity index is 536. The predicted octanol–water partition coefficient (Wildman–Crippen LogP) is 2.32. The van der Waals surface area contributed by atoms with Gasteiger partial charge in [-0.05, 0) is 43.2 Å². The van der Waals surface area contributed by atoms with Gasteiger partial charge in [0.2, 0.25) is 5.91 Å². The van der Waals surface area contributed by atoms with Crippen molar-refractivity contribution >= 4 is 17.7 Å². The monoisotopic (exact) mass is 303 g/mol. The molecular weight excluding hydrogens is 282 g/mol. The molecule has 1 saturated heterocycles. The zero-order valence-corrected chi connectivity index (χ0v) is 13.1. The van der Waals surface area contributed by atoms with Crippen molar-refractivity contribution in [2.45, 2.75) is 37.5 Å². The summed E-state index contributed by atoms with van der Waals surface area (Å²) in [6, 6.07) is 7.84. The highest BCUT2D eigenvalue weighted by Crippen LogP contribution is 2.37. The second kappa shape index (κ2) is 7.53. The standard InChI is InChI=1S/C17H21NO2S/c1-17(10-4-12-21-17)16(20)18-13-15-8-6-14(7-9-15)5-2-3-11-19/h6-9,19H,3-4,10-13H2,1H3,(H,18,20). The summed E-state index contributed by atoms with van der Waals surface area (Å²) in [5.41, 5.74) is 2.00. The first-order valence-electron chi connectivity index (χ1n) is 7.25. The lowest BCUT2D eigenvalue weighted by molar-refractivity contribution is -0.123. The first kappa shape index (κ1) is 15.9. The molecule has 21 heavy (non-hydrogen) atoms. The summed E-state index contributed by atoms with van der Waals surface area (Å²) in [7, 11) is 0. The van der Waals surface area contributed by atoms with Crippen LogP contribution in [-0.4, -0.2) is 28.1 Å². The second-order valence-electron chi connectivity index (χ2n) is 5.34. The van der Waals surface area contributed by atoms with E-state index in [2.05, 4.69) is 17.2 Å². The number of nitrogens with one attached hydrogen (secondary N) is 1. The quantitative estimate of drug-likeness (QED) is 0.839. The molecule has 2 N–H and O–H groups in total. The average Bonchev–Trinajstić information content (AvgIpc) is 2.94. The highest BCUT2D eigenvalue weighted by atomic mass is 32.2. The van der Waals surface area contributed by atoms with Gasteiger partial charge in [0.15, 0.2) is 0 Å². The molecule has 0 radical (unpaired) electrons. The van der Waals surface area contributed by atoms with Crippen molar-refractivity contribution in [2.75, 3.05) is 12.4 Å². The number of benzene rings is 1. The Labute approximate surface area is 130 Å². The van der Waals surface area contributed by atoms with Gasteiger partial charge in [0, 0.05) is 18.5 Å². The maximum absolute atomic E-state index is 12.2. The fraction of sp³-hybridized carbons (Fsp3) is 0.471. The number of amides is 1. The molecule has 112 valence electrons. The average molecular weight is 303 g/mol. The maximum Gasteiger partial charge on any atom is 0.236 e. The van der Waals surface area contributed by atoms with E-state index in [0.29, 0.717) is 13.0 Å². The predicted molar refractivity (Wildman–Crippen MR) is 87.0 cm³/mol. The fourth-order valence-electron chi connectivity index (χ4n) is 2.25. The summed E-state index contributed by atoms with van der Waals surface area (Å²) in [6.07, 6.45) is 2.58. The van der Waals surface area contributed by atoms with Gasteiger partial charge in [0.05, 0.1) is 11.4 Å². The van der Waals surface area contributed by atoms with E-state index < -0.39 is 0 Å². The molecule has 3 nitrogen and oxygen atoms in total. The third kappa shape index (κ3) is 4.52. The normalized spacial score (nSPS) is 20.7. The van der Waals surface area contributed by atoms with E-state index in [4.69, 9.17) is 5.11 Å². The van der Waals surface area contributed by atoms with Crippen LogP contribution in [0, 0.1) is 11.8 Å². The molecule has 1 atom stereocenters. The van der Waals surface area contributed by atoms with Gasteiger partial charge >= 0.3 is 0 Å². The Morgan fingerprint density at radius 1 is 1.43 bits per heavy atom. The van der Waals surface area contributed by atoms with Gasteiger partial charge < -0.3 is 10.4 Å². The van der Waals surface area contributed by atoms with E-state index in [0.717, 1.165) is 29.7 Å². The van der Waals surface area contributed by atoms with E-state index in [-0.39, 0.29) is 17.3 Å². The van der Waals surface area contributed by atoms with Gasteiger partial charge in [-0.1, -0.05) is 24.0 Å².